The van der Waals surface area contributed by atoms with Crippen LogP contribution in [0.1, 0.15) is 23.9 Å². The molecule has 9 heteroatoms. The van der Waals surface area contributed by atoms with Gasteiger partial charge in [0.25, 0.3) is 0 Å². The lowest BCUT2D eigenvalue weighted by molar-refractivity contribution is -0.113. The number of ether oxygens (including phenoxy) is 1. The molecule has 4 aromatic rings. The van der Waals surface area contributed by atoms with Crippen LogP contribution in [0.3, 0.4) is 0 Å². The first-order chi connectivity index (χ1) is 16.0. The highest BCUT2D eigenvalue weighted by Crippen LogP contribution is 2.26. The molecule has 0 unspecified atom stereocenters. The topological polar surface area (TPSA) is 81.9 Å². The predicted octanol–water partition coefficient (Wildman–Crippen LogP) is 5.35. The lowest BCUT2D eigenvalue weighted by Crippen LogP contribution is -2.14. The number of nitrogens with one attached hydrogen (secondary N) is 1. The highest BCUT2D eigenvalue weighted by atomic mass is 32.2. The molecule has 0 atom stereocenters. The molecule has 170 valence electrons. The van der Waals surface area contributed by atoms with Crippen LogP contribution >= 0.6 is 23.1 Å². The van der Waals surface area contributed by atoms with Crippen molar-refractivity contribution in [1.29, 1.82) is 0 Å². The van der Waals surface area contributed by atoms with Gasteiger partial charge in [-0.2, -0.15) is 0 Å². The summed E-state index contributed by atoms with van der Waals surface area (Å²) in [5, 5.41) is 14.6. The van der Waals surface area contributed by atoms with Gasteiger partial charge in [0.2, 0.25) is 5.91 Å². The van der Waals surface area contributed by atoms with E-state index in [-0.39, 0.29) is 11.7 Å². The Balaban J connectivity index is 1.34. The molecule has 2 aromatic carbocycles. The van der Waals surface area contributed by atoms with Gasteiger partial charge in [0.15, 0.2) is 16.1 Å². The molecule has 0 aliphatic rings. The maximum Gasteiger partial charge on any atom is 0.236 e. The lowest BCUT2D eigenvalue weighted by atomic mass is 10.1. The first kappa shape index (κ1) is 23.0. The van der Waals surface area contributed by atoms with Gasteiger partial charge in [-0.1, -0.05) is 54.2 Å². The lowest BCUT2D eigenvalue weighted by Gasteiger charge is -2.11. The Labute approximate surface area is 201 Å². The first-order valence-corrected chi connectivity index (χ1v) is 12.5. The van der Waals surface area contributed by atoms with Crippen molar-refractivity contribution in [2.75, 3.05) is 11.1 Å². The fraction of sp³-hybridized carbons (Fsp3) is 0.250. The Morgan fingerprint density at radius 2 is 1.94 bits per heavy atom. The number of carbonyl (C=O) groups excluding carboxylic acids is 1. The summed E-state index contributed by atoms with van der Waals surface area (Å²) in [6, 6.07) is 15.9. The van der Waals surface area contributed by atoms with Crippen molar-refractivity contribution in [3.8, 4) is 17.0 Å². The number of aromatic nitrogens is 4. The Morgan fingerprint density at radius 1 is 1.12 bits per heavy atom. The Morgan fingerprint density at radius 3 is 2.73 bits per heavy atom. The largest absolute Gasteiger partial charge is 0.485 e. The van der Waals surface area contributed by atoms with Crippen molar-refractivity contribution < 1.29 is 9.53 Å². The van der Waals surface area contributed by atoms with Gasteiger partial charge in [-0.25, -0.2) is 4.98 Å². The molecule has 4 rings (SSSR count). The summed E-state index contributed by atoms with van der Waals surface area (Å²) >= 11 is 2.76. The minimum atomic E-state index is -0.132. The van der Waals surface area contributed by atoms with Crippen LogP contribution in [0, 0.1) is 13.8 Å². The van der Waals surface area contributed by atoms with E-state index in [0.717, 1.165) is 28.4 Å². The van der Waals surface area contributed by atoms with Crippen molar-refractivity contribution in [2.45, 2.75) is 39.1 Å². The second-order valence-corrected chi connectivity index (χ2v) is 9.17. The van der Waals surface area contributed by atoms with E-state index in [0.29, 0.717) is 23.4 Å². The predicted molar refractivity (Wildman–Crippen MR) is 133 cm³/mol. The van der Waals surface area contributed by atoms with Crippen molar-refractivity contribution in [3.05, 3.63) is 70.9 Å². The first-order valence-electron chi connectivity index (χ1n) is 10.6. The molecule has 1 amide bonds. The van der Waals surface area contributed by atoms with E-state index in [2.05, 4.69) is 33.5 Å². The molecular weight excluding hydrogens is 454 g/mol. The monoisotopic (exact) mass is 479 g/mol. The molecule has 0 saturated carbocycles. The second kappa shape index (κ2) is 10.6. The molecule has 0 aliphatic carbocycles. The molecule has 1 N–H and O–H groups in total. The zero-order valence-corrected chi connectivity index (χ0v) is 20.4. The minimum Gasteiger partial charge on any atom is -0.485 e. The summed E-state index contributed by atoms with van der Waals surface area (Å²) in [7, 11) is 0. The van der Waals surface area contributed by atoms with Crippen LogP contribution in [-0.4, -0.2) is 31.4 Å². The van der Waals surface area contributed by atoms with Crippen molar-refractivity contribution >= 4 is 34.1 Å². The van der Waals surface area contributed by atoms with E-state index in [4.69, 9.17) is 4.74 Å². The summed E-state index contributed by atoms with van der Waals surface area (Å²) in [5.74, 6) is 1.66. The van der Waals surface area contributed by atoms with E-state index < -0.39 is 0 Å². The molecule has 2 heterocycles. The number of rotatable bonds is 9. The smallest absolute Gasteiger partial charge is 0.236 e. The zero-order valence-electron chi connectivity index (χ0n) is 18.7. The number of benzene rings is 2. The standard InChI is InChI=1S/C24H25N5O2S2/c1-4-29-21(13-31-20-12-8-9-16(2)17(20)3)27-28-24(29)33-15-22(30)26-23-25-19(14-32-23)18-10-6-5-7-11-18/h5-12,14H,4,13,15H2,1-3H3,(H,25,26,30). The molecule has 0 spiro atoms. The van der Waals surface area contributed by atoms with Gasteiger partial charge in [-0.3, -0.25) is 4.79 Å². The summed E-state index contributed by atoms with van der Waals surface area (Å²) in [6.45, 7) is 7.13. The third kappa shape index (κ3) is 5.61. The van der Waals surface area contributed by atoms with Crippen LogP contribution in [0.5, 0.6) is 5.75 Å². The van der Waals surface area contributed by atoms with E-state index in [1.807, 2.05) is 66.3 Å². The van der Waals surface area contributed by atoms with Gasteiger partial charge in [0.05, 0.1) is 11.4 Å². The number of carbonyl (C=O) groups is 1. The molecule has 7 nitrogen and oxygen atoms in total. The Kier molecular flexibility index (Phi) is 7.41. The van der Waals surface area contributed by atoms with Crippen LogP contribution in [0.25, 0.3) is 11.3 Å². The highest BCUT2D eigenvalue weighted by molar-refractivity contribution is 7.99. The third-order valence-corrected chi connectivity index (χ3v) is 6.90. The Bertz CT molecular complexity index is 1240. The molecular formula is C24H25N5O2S2. The summed E-state index contributed by atoms with van der Waals surface area (Å²) in [6.07, 6.45) is 0. The fourth-order valence-corrected chi connectivity index (χ4v) is 4.79. The normalized spacial score (nSPS) is 10.9. The van der Waals surface area contributed by atoms with Crippen LogP contribution in [0.4, 0.5) is 5.13 Å². The highest BCUT2D eigenvalue weighted by Gasteiger charge is 2.15. The maximum absolute atomic E-state index is 12.5. The number of hydrogen-bond donors (Lipinski definition) is 1. The number of aryl methyl sites for hydroxylation is 1. The van der Waals surface area contributed by atoms with Crippen molar-refractivity contribution in [2.24, 2.45) is 0 Å². The summed E-state index contributed by atoms with van der Waals surface area (Å²) < 4.78 is 7.96. The van der Waals surface area contributed by atoms with Crippen LogP contribution in [-0.2, 0) is 17.9 Å². The molecule has 0 fully saturated rings. The number of nitrogens with zero attached hydrogens (tertiary/aromatic N) is 4. The molecule has 0 aliphatic heterocycles. The van der Waals surface area contributed by atoms with Crippen molar-refractivity contribution in [3.63, 3.8) is 0 Å². The van der Waals surface area contributed by atoms with Crippen LogP contribution in [0.2, 0.25) is 0 Å². The number of amides is 1. The average molecular weight is 480 g/mol. The van der Waals surface area contributed by atoms with Gasteiger partial charge < -0.3 is 14.6 Å². The summed E-state index contributed by atoms with van der Waals surface area (Å²) in [4.78, 5) is 17.0. The van der Waals surface area contributed by atoms with Crippen LogP contribution in [0.15, 0.2) is 59.1 Å². The molecule has 2 aromatic heterocycles. The van der Waals surface area contributed by atoms with Gasteiger partial charge >= 0.3 is 0 Å². The van der Waals surface area contributed by atoms with Gasteiger partial charge in [0.1, 0.15) is 12.4 Å². The molecule has 33 heavy (non-hydrogen) atoms. The minimum absolute atomic E-state index is 0.132. The van der Waals surface area contributed by atoms with Crippen molar-refractivity contribution in [1.82, 2.24) is 19.7 Å². The van der Waals surface area contributed by atoms with E-state index >= 15 is 0 Å². The van der Waals surface area contributed by atoms with E-state index in [1.54, 1.807) is 0 Å². The zero-order chi connectivity index (χ0) is 23.2. The van der Waals surface area contributed by atoms with E-state index in [1.165, 1.54) is 28.7 Å². The average Bonchev–Trinajstić information content (AvgIpc) is 3.46. The molecule has 0 saturated heterocycles. The number of thiazole rings is 1. The molecule has 0 radical (unpaired) electrons. The van der Waals surface area contributed by atoms with E-state index in [9.17, 15) is 4.79 Å². The summed E-state index contributed by atoms with van der Waals surface area (Å²) in [5.41, 5.74) is 4.17. The van der Waals surface area contributed by atoms with Gasteiger partial charge in [-0.15, -0.1) is 21.5 Å². The van der Waals surface area contributed by atoms with Gasteiger partial charge in [0, 0.05) is 17.5 Å². The Hall–Kier alpha value is -3.17. The molecule has 0 bridgehead atoms. The quantitative estimate of drug-likeness (QED) is 0.326. The third-order valence-electron chi connectivity index (χ3n) is 5.17. The number of anilines is 1. The SMILES string of the molecule is CCn1c(COc2cccc(C)c2C)nnc1SCC(=O)Nc1nc(-c2ccccc2)cs1. The number of thioether (sulfide) groups is 1. The second-order valence-electron chi connectivity index (χ2n) is 7.37. The fourth-order valence-electron chi connectivity index (χ4n) is 3.23. The van der Waals surface area contributed by atoms with Crippen LogP contribution < -0.4 is 10.1 Å². The number of hydrogen-bond acceptors (Lipinski definition) is 7. The van der Waals surface area contributed by atoms with Gasteiger partial charge in [-0.05, 0) is 38.0 Å². The maximum atomic E-state index is 12.5.